The molecule has 0 saturated heterocycles. The van der Waals surface area contributed by atoms with Gasteiger partial charge in [-0.1, -0.05) is 17.8 Å². The number of imidazole rings is 1. The Morgan fingerprint density at radius 2 is 2.12 bits per heavy atom. The van der Waals surface area contributed by atoms with Gasteiger partial charge in [0.15, 0.2) is 4.96 Å². The SMILES string of the molecule is Cc1c(CNC(=O)C2CCC2)sc2nc(-c3ccc(F)cc3)cn12. The quantitative estimate of drug-likeness (QED) is 0.780. The largest absolute Gasteiger partial charge is 0.351 e. The van der Waals surface area contributed by atoms with Crippen molar-refractivity contribution in [3.05, 3.63) is 46.9 Å². The van der Waals surface area contributed by atoms with Gasteiger partial charge in [-0.15, -0.1) is 0 Å². The Kier molecular flexibility index (Phi) is 3.84. The molecule has 1 aliphatic rings. The second-order valence-electron chi connectivity index (χ2n) is 6.24. The van der Waals surface area contributed by atoms with Crippen LogP contribution in [0.25, 0.3) is 16.2 Å². The normalized spacial score (nSPS) is 14.8. The molecule has 1 amide bonds. The Morgan fingerprint density at radius 1 is 1.38 bits per heavy atom. The summed E-state index contributed by atoms with van der Waals surface area (Å²) < 4.78 is 15.1. The third-order valence-corrected chi connectivity index (χ3v) is 5.85. The molecule has 0 radical (unpaired) electrons. The van der Waals surface area contributed by atoms with Crippen LogP contribution in [0.5, 0.6) is 0 Å². The van der Waals surface area contributed by atoms with Crippen LogP contribution in [0.3, 0.4) is 0 Å². The first-order chi connectivity index (χ1) is 11.6. The Balaban J connectivity index is 1.54. The third-order valence-electron chi connectivity index (χ3n) is 4.69. The molecule has 0 aliphatic heterocycles. The fraction of sp³-hybridized carbons (Fsp3) is 0.333. The van der Waals surface area contributed by atoms with Crippen molar-refractivity contribution in [3.63, 3.8) is 0 Å². The molecule has 0 bridgehead atoms. The highest BCUT2D eigenvalue weighted by Crippen LogP contribution is 2.29. The molecule has 0 spiro atoms. The first-order valence-electron chi connectivity index (χ1n) is 8.13. The van der Waals surface area contributed by atoms with Gasteiger partial charge in [-0.3, -0.25) is 9.20 Å². The van der Waals surface area contributed by atoms with Gasteiger partial charge in [0.1, 0.15) is 5.82 Å². The van der Waals surface area contributed by atoms with Crippen LogP contribution in [0.15, 0.2) is 30.5 Å². The molecule has 1 aliphatic carbocycles. The Morgan fingerprint density at radius 3 is 2.75 bits per heavy atom. The zero-order valence-electron chi connectivity index (χ0n) is 13.4. The summed E-state index contributed by atoms with van der Waals surface area (Å²) in [5, 5.41) is 3.03. The minimum Gasteiger partial charge on any atom is -0.351 e. The van der Waals surface area contributed by atoms with E-state index < -0.39 is 0 Å². The average molecular weight is 343 g/mol. The molecule has 3 aromatic rings. The standard InChI is InChI=1S/C18H18FN3OS/c1-11-16(9-20-17(23)13-3-2-4-13)24-18-21-15(10-22(11)18)12-5-7-14(19)8-6-12/h5-8,10,13H,2-4,9H2,1H3,(H,20,23). The smallest absolute Gasteiger partial charge is 0.223 e. The number of aryl methyl sites for hydroxylation is 1. The Labute approximate surface area is 143 Å². The van der Waals surface area contributed by atoms with E-state index in [-0.39, 0.29) is 17.6 Å². The number of amides is 1. The molecule has 4 rings (SSSR count). The predicted molar refractivity (Wildman–Crippen MR) is 92.4 cm³/mol. The number of hydrogen-bond donors (Lipinski definition) is 1. The lowest BCUT2D eigenvalue weighted by Crippen LogP contribution is -2.33. The van der Waals surface area contributed by atoms with E-state index >= 15 is 0 Å². The van der Waals surface area contributed by atoms with Gasteiger partial charge in [0.2, 0.25) is 5.91 Å². The fourth-order valence-electron chi connectivity index (χ4n) is 2.90. The van der Waals surface area contributed by atoms with Crippen molar-refractivity contribution in [2.24, 2.45) is 5.92 Å². The number of hydrogen-bond acceptors (Lipinski definition) is 3. The minimum absolute atomic E-state index is 0.165. The number of nitrogens with one attached hydrogen (secondary N) is 1. The summed E-state index contributed by atoms with van der Waals surface area (Å²) in [6, 6.07) is 6.35. The first-order valence-corrected chi connectivity index (χ1v) is 8.94. The van der Waals surface area contributed by atoms with Crippen LogP contribution in [0.2, 0.25) is 0 Å². The molecule has 1 N–H and O–H groups in total. The summed E-state index contributed by atoms with van der Waals surface area (Å²) >= 11 is 1.58. The van der Waals surface area contributed by atoms with E-state index in [1.165, 1.54) is 12.1 Å². The highest BCUT2D eigenvalue weighted by molar-refractivity contribution is 7.17. The van der Waals surface area contributed by atoms with Crippen molar-refractivity contribution < 1.29 is 9.18 Å². The van der Waals surface area contributed by atoms with Crippen LogP contribution in [-0.2, 0) is 11.3 Å². The van der Waals surface area contributed by atoms with Crippen LogP contribution in [-0.4, -0.2) is 15.3 Å². The summed E-state index contributed by atoms with van der Waals surface area (Å²) in [6.07, 6.45) is 5.15. The zero-order chi connectivity index (χ0) is 16.7. The van der Waals surface area contributed by atoms with E-state index in [4.69, 9.17) is 0 Å². The summed E-state index contributed by atoms with van der Waals surface area (Å²) in [7, 11) is 0. The van der Waals surface area contributed by atoms with Gasteiger partial charge in [-0.2, -0.15) is 0 Å². The number of aromatic nitrogens is 2. The van der Waals surface area contributed by atoms with Gasteiger partial charge in [0, 0.05) is 28.2 Å². The molecule has 0 unspecified atom stereocenters. The topological polar surface area (TPSA) is 46.4 Å². The molecule has 1 saturated carbocycles. The van der Waals surface area contributed by atoms with E-state index in [0.29, 0.717) is 6.54 Å². The molecule has 2 heterocycles. The monoisotopic (exact) mass is 343 g/mol. The second-order valence-corrected chi connectivity index (χ2v) is 7.30. The van der Waals surface area contributed by atoms with Crippen LogP contribution >= 0.6 is 11.3 Å². The number of benzene rings is 1. The van der Waals surface area contributed by atoms with Crippen molar-refractivity contribution in [1.29, 1.82) is 0 Å². The maximum atomic E-state index is 13.0. The van der Waals surface area contributed by atoms with Crippen molar-refractivity contribution in [2.75, 3.05) is 0 Å². The molecular weight excluding hydrogens is 325 g/mol. The fourth-order valence-corrected chi connectivity index (χ4v) is 3.94. The van der Waals surface area contributed by atoms with E-state index in [9.17, 15) is 9.18 Å². The van der Waals surface area contributed by atoms with Crippen molar-refractivity contribution >= 4 is 22.2 Å². The molecule has 1 fully saturated rings. The zero-order valence-corrected chi connectivity index (χ0v) is 14.2. The number of thiazole rings is 1. The Hall–Kier alpha value is -2.21. The van der Waals surface area contributed by atoms with Gasteiger partial charge in [-0.25, -0.2) is 9.37 Å². The maximum Gasteiger partial charge on any atom is 0.223 e. The lowest BCUT2D eigenvalue weighted by Gasteiger charge is -2.23. The molecule has 4 nitrogen and oxygen atoms in total. The summed E-state index contributed by atoms with van der Waals surface area (Å²) in [6.45, 7) is 2.59. The summed E-state index contributed by atoms with van der Waals surface area (Å²) in [4.78, 5) is 18.6. The van der Waals surface area contributed by atoms with Crippen LogP contribution in [0.1, 0.15) is 29.8 Å². The minimum atomic E-state index is -0.250. The number of rotatable bonds is 4. The highest BCUT2D eigenvalue weighted by atomic mass is 32.1. The van der Waals surface area contributed by atoms with E-state index in [2.05, 4.69) is 10.3 Å². The summed E-state index contributed by atoms with van der Waals surface area (Å²) in [5.41, 5.74) is 2.81. The number of nitrogens with zero attached hydrogens (tertiary/aromatic N) is 2. The number of carbonyl (C=O) groups excluding carboxylic acids is 1. The molecule has 6 heteroatoms. The van der Waals surface area contributed by atoms with Gasteiger partial charge < -0.3 is 5.32 Å². The Bertz CT molecular complexity index is 893. The number of fused-ring (bicyclic) bond motifs is 1. The van der Waals surface area contributed by atoms with Crippen molar-refractivity contribution in [2.45, 2.75) is 32.7 Å². The van der Waals surface area contributed by atoms with Gasteiger partial charge in [-0.05, 0) is 44.0 Å². The lowest BCUT2D eigenvalue weighted by atomic mass is 9.85. The molecule has 1 aromatic carbocycles. The predicted octanol–water partition coefficient (Wildman–Crippen LogP) is 3.93. The molecule has 124 valence electrons. The molecule has 0 atom stereocenters. The van der Waals surface area contributed by atoms with E-state index in [1.54, 1.807) is 23.5 Å². The maximum absolute atomic E-state index is 13.0. The molecular formula is C18H18FN3OS. The number of halogens is 1. The van der Waals surface area contributed by atoms with Crippen LogP contribution in [0, 0.1) is 18.7 Å². The second kappa shape index (κ2) is 6.02. The van der Waals surface area contributed by atoms with Gasteiger partial charge in [0.25, 0.3) is 0 Å². The van der Waals surface area contributed by atoms with Gasteiger partial charge >= 0.3 is 0 Å². The van der Waals surface area contributed by atoms with Crippen molar-refractivity contribution in [3.8, 4) is 11.3 Å². The average Bonchev–Trinajstić information content (AvgIpc) is 3.04. The third kappa shape index (κ3) is 2.71. The van der Waals surface area contributed by atoms with Crippen molar-refractivity contribution in [1.82, 2.24) is 14.7 Å². The van der Waals surface area contributed by atoms with E-state index in [1.807, 2.05) is 17.5 Å². The van der Waals surface area contributed by atoms with Crippen LogP contribution < -0.4 is 5.32 Å². The molecule has 24 heavy (non-hydrogen) atoms. The number of carbonyl (C=O) groups is 1. The summed E-state index contributed by atoms with van der Waals surface area (Å²) in [5.74, 6) is 0.124. The molecule has 2 aromatic heterocycles. The van der Waals surface area contributed by atoms with Crippen LogP contribution in [0.4, 0.5) is 4.39 Å². The lowest BCUT2D eigenvalue weighted by molar-refractivity contribution is -0.127. The first kappa shape index (κ1) is 15.3. The highest BCUT2D eigenvalue weighted by Gasteiger charge is 2.25. The van der Waals surface area contributed by atoms with E-state index in [0.717, 1.165) is 46.1 Å². The van der Waals surface area contributed by atoms with Gasteiger partial charge in [0.05, 0.1) is 12.2 Å².